The van der Waals surface area contributed by atoms with Gasteiger partial charge in [0.25, 0.3) is 0 Å². The molecule has 0 bridgehead atoms. The summed E-state index contributed by atoms with van der Waals surface area (Å²) in [6.07, 6.45) is -7.84. The monoisotopic (exact) mass is 590 g/mol. The maximum Gasteiger partial charge on any atom is 0.434 e. The fraction of sp³-hybridized carbons (Fsp3) is 0.833. The number of hydrogen-bond acceptors (Lipinski definition) is 2. The van der Waals surface area contributed by atoms with Crippen LogP contribution in [0.25, 0.3) is 0 Å². The minimum absolute atomic E-state index is 4.15. The lowest BCUT2D eigenvalue weighted by molar-refractivity contribution is -0.357. The molecule has 2 saturated heterocycles. The Morgan fingerprint density at radius 1 is 0.444 bits per heavy atom. The second kappa shape index (κ2) is 6.88. The third-order valence-electron chi connectivity index (χ3n) is 4.67. The SMILES string of the molecule is F/C(=C(\N1C(F)(F)C(F)(F)C(F)(F)C1(F)F)C(F)(F)F)C(F)(F)N1C(F)(F)C(F)(F)C(F)(F)C1(F)F. The Morgan fingerprint density at radius 2 is 0.694 bits per heavy atom. The predicted octanol–water partition coefficient (Wildman–Crippen LogP) is 6.87. The molecule has 0 aromatic rings. The summed E-state index contributed by atoms with van der Waals surface area (Å²) in [5, 5.41) is 0. The molecular formula is C12F22N2. The maximum absolute atomic E-state index is 14.0. The van der Waals surface area contributed by atoms with Gasteiger partial charge in [-0.3, -0.25) is 0 Å². The smallest absolute Gasteiger partial charge is 0.235 e. The van der Waals surface area contributed by atoms with Gasteiger partial charge in [-0.05, 0) is 0 Å². The van der Waals surface area contributed by atoms with E-state index in [9.17, 15) is 96.6 Å². The quantitative estimate of drug-likeness (QED) is 0.262. The van der Waals surface area contributed by atoms with Crippen molar-refractivity contribution in [2.24, 2.45) is 0 Å². The van der Waals surface area contributed by atoms with Crippen LogP contribution in [-0.4, -0.2) is 69.9 Å². The highest BCUT2D eigenvalue weighted by Gasteiger charge is 2.97. The lowest BCUT2D eigenvalue weighted by Gasteiger charge is -2.37. The van der Waals surface area contributed by atoms with Gasteiger partial charge in [0.15, 0.2) is 5.70 Å². The summed E-state index contributed by atoms with van der Waals surface area (Å²) >= 11 is 0. The average molecular weight is 590 g/mol. The first-order valence-electron chi connectivity index (χ1n) is 7.75. The first-order chi connectivity index (χ1) is 15.3. The van der Waals surface area contributed by atoms with Gasteiger partial charge in [0.1, 0.15) is 0 Å². The van der Waals surface area contributed by atoms with Crippen LogP contribution in [0.15, 0.2) is 11.5 Å². The van der Waals surface area contributed by atoms with Gasteiger partial charge < -0.3 is 0 Å². The molecule has 0 aliphatic carbocycles. The Kier molecular flexibility index (Phi) is 5.77. The first-order valence-corrected chi connectivity index (χ1v) is 7.75. The summed E-state index contributed by atoms with van der Waals surface area (Å²) in [6, 6.07) is -39.4. The molecule has 2 aliphatic heterocycles. The fourth-order valence-electron chi connectivity index (χ4n) is 2.89. The summed E-state index contributed by atoms with van der Waals surface area (Å²) < 4.78 is 294. The van der Waals surface area contributed by atoms with Crippen LogP contribution in [0.5, 0.6) is 0 Å². The summed E-state index contributed by atoms with van der Waals surface area (Å²) in [4.78, 5) is -8.50. The van der Waals surface area contributed by atoms with E-state index in [1.807, 2.05) is 0 Å². The zero-order chi connectivity index (χ0) is 29.3. The van der Waals surface area contributed by atoms with Crippen LogP contribution in [0.1, 0.15) is 0 Å². The van der Waals surface area contributed by atoms with Crippen LogP contribution in [0.4, 0.5) is 96.6 Å². The van der Waals surface area contributed by atoms with Crippen molar-refractivity contribution >= 4 is 0 Å². The first kappa shape index (κ1) is 30.2. The van der Waals surface area contributed by atoms with Gasteiger partial charge in [-0.1, -0.05) is 0 Å². The predicted molar refractivity (Wildman–Crippen MR) is 62.4 cm³/mol. The van der Waals surface area contributed by atoms with Crippen LogP contribution in [0.2, 0.25) is 0 Å². The molecule has 2 rings (SSSR count). The van der Waals surface area contributed by atoms with Gasteiger partial charge in [-0.25, -0.2) is 9.29 Å². The summed E-state index contributed by atoms with van der Waals surface area (Å²) in [6.45, 7) is 0. The molecule has 0 unspecified atom stereocenters. The van der Waals surface area contributed by atoms with Crippen molar-refractivity contribution in [2.75, 3.05) is 0 Å². The molecule has 0 aromatic heterocycles. The van der Waals surface area contributed by atoms with Crippen molar-refractivity contribution in [3.8, 4) is 0 Å². The minimum atomic E-state index is -8.14. The molecule has 0 saturated carbocycles. The van der Waals surface area contributed by atoms with Crippen molar-refractivity contribution in [2.45, 2.75) is 60.1 Å². The highest BCUT2D eigenvalue weighted by Crippen LogP contribution is 2.68. The molecule has 0 aromatic carbocycles. The van der Waals surface area contributed by atoms with Crippen molar-refractivity contribution < 1.29 is 96.6 Å². The van der Waals surface area contributed by atoms with Crippen LogP contribution >= 0.6 is 0 Å². The topological polar surface area (TPSA) is 6.48 Å². The molecule has 24 heteroatoms. The number of halogens is 22. The van der Waals surface area contributed by atoms with E-state index in [1.54, 1.807) is 0 Å². The van der Waals surface area contributed by atoms with E-state index in [4.69, 9.17) is 0 Å². The third-order valence-corrected chi connectivity index (χ3v) is 4.67. The van der Waals surface area contributed by atoms with Crippen molar-refractivity contribution in [1.29, 1.82) is 0 Å². The molecule has 0 radical (unpaired) electrons. The van der Waals surface area contributed by atoms with E-state index in [2.05, 4.69) is 0 Å². The van der Waals surface area contributed by atoms with Crippen LogP contribution in [0, 0.1) is 0 Å². The highest BCUT2D eigenvalue weighted by molar-refractivity contribution is 5.29. The molecule has 36 heavy (non-hydrogen) atoms. The normalized spacial score (nSPS) is 30.3. The maximum atomic E-state index is 14.0. The summed E-state index contributed by atoms with van der Waals surface area (Å²) in [7, 11) is 0. The number of allylic oxidation sites excluding steroid dienone is 1. The fourth-order valence-corrected chi connectivity index (χ4v) is 2.89. The molecule has 0 N–H and O–H groups in total. The molecule has 2 aliphatic rings. The van der Waals surface area contributed by atoms with Gasteiger partial charge in [0, 0.05) is 0 Å². The molecule has 212 valence electrons. The Morgan fingerprint density at radius 3 is 0.944 bits per heavy atom. The van der Waals surface area contributed by atoms with Gasteiger partial charge in [0.05, 0.1) is 0 Å². The van der Waals surface area contributed by atoms with Gasteiger partial charge in [-0.2, -0.15) is 92.2 Å². The molecule has 0 spiro atoms. The Balaban J connectivity index is 3.01. The Hall–Kier alpha value is -2.04. The Bertz CT molecular complexity index is 903. The molecule has 0 atom stereocenters. The second-order valence-corrected chi connectivity index (χ2v) is 6.83. The second-order valence-electron chi connectivity index (χ2n) is 6.83. The standard InChI is InChI=1S/C12F22N2/c13-1(4(17,18)36-11(31,32)7(23,24)8(25,26)12(36,33)34)2(3(14,15)16)35-9(27,28)5(19,20)6(21,22)10(35,29)30/b2-1-. The van der Waals surface area contributed by atoms with Crippen molar-refractivity contribution in [3.63, 3.8) is 0 Å². The number of hydrogen-bond donors (Lipinski definition) is 0. The largest absolute Gasteiger partial charge is 0.434 e. The lowest BCUT2D eigenvalue weighted by atomic mass is 10.2. The average Bonchev–Trinajstić information content (AvgIpc) is 2.73. The zero-order valence-corrected chi connectivity index (χ0v) is 15.2. The third kappa shape index (κ3) is 2.95. The Labute approximate surface area is 179 Å². The number of likely N-dealkylation sites (tertiary alicyclic amines) is 2. The van der Waals surface area contributed by atoms with E-state index in [-0.39, 0.29) is 0 Å². The zero-order valence-electron chi connectivity index (χ0n) is 15.2. The van der Waals surface area contributed by atoms with E-state index in [1.165, 1.54) is 0 Å². The van der Waals surface area contributed by atoms with Gasteiger partial charge in [0.2, 0.25) is 5.83 Å². The van der Waals surface area contributed by atoms with E-state index < -0.39 is 81.4 Å². The molecule has 0 amide bonds. The van der Waals surface area contributed by atoms with Crippen LogP contribution in [-0.2, 0) is 0 Å². The minimum Gasteiger partial charge on any atom is -0.235 e. The van der Waals surface area contributed by atoms with E-state index >= 15 is 0 Å². The van der Waals surface area contributed by atoms with Crippen molar-refractivity contribution in [3.05, 3.63) is 11.5 Å². The van der Waals surface area contributed by atoms with Crippen LogP contribution < -0.4 is 0 Å². The number of alkyl halides is 21. The summed E-state index contributed by atoms with van der Waals surface area (Å²) in [5.74, 6) is -36.7. The molecular weight excluding hydrogens is 590 g/mol. The highest BCUT2D eigenvalue weighted by atomic mass is 19.4. The summed E-state index contributed by atoms with van der Waals surface area (Å²) in [5.41, 5.74) is -5.51. The molecule has 2 fully saturated rings. The van der Waals surface area contributed by atoms with E-state index in [0.29, 0.717) is 0 Å². The van der Waals surface area contributed by atoms with Gasteiger partial charge in [-0.15, -0.1) is 4.90 Å². The lowest BCUT2D eigenvalue weighted by Crippen LogP contribution is -2.60. The number of nitrogens with zero attached hydrogens (tertiary/aromatic N) is 2. The molecule has 2 nitrogen and oxygen atoms in total. The van der Waals surface area contributed by atoms with Gasteiger partial charge >= 0.3 is 60.1 Å². The number of rotatable bonds is 3. The van der Waals surface area contributed by atoms with E-state index in [0.717, 1.165) is 0 Å². The molecule has 2 heterocycles. The van der Waals surface area contributed by atoms with Crippen LogP contribution in [0.3, 0.4) is 0 Å². The van der Waals surface area contributed by atoms with Crippen molar-refractivity contribution in [1.82, 2.24) is 9.80 Å².